The largest absolute Gasteiger partial charge is 0.497 e. The number of nitrogens with zero attached hydrogens (tertiary/aromatic N) is 2. The zero-order valence-corrected chi connectivity index (χ0v) is 15.9. The van der Waals surface area contributed by atoms with Crippen molar-refractivity contribution >= 4 is 11.6 Å². The first-order valence-electron chi connectivity index (χ1n) is 8.68. The molecule has 0 amide bonds. The fourth-order valence-corrected chi connectivity index (χ4v) is 2.86. The van der Waals surface area contributed by atoms with E-state index in [1.165, 1.54) is 0 Å². The van der Waals surface area contributed by atoms with E-state index in [0.717, 1.165) is 28.2 Å². The van der Waals surface area contributed by atoms with Gasteiger partial charge >= 0.3 is 0 Å². The van der Waals surface area contributed by atoms with Crippen LogP contribution in [0.3, 0.4) is 0 Å². The Hall–Kier alpha value is -3.31. The number of halogens is 1. The molecule has 0 aliphatic rings. The predicted octanol–water partition coefficient (Wildman–Crippen LogP) is 5.64. The van der Waals surface area contributed by atoms with Crippen LogP contribution in [0.25, 0.3) is 22.8 Å². The van der Waals surface area contributed by atoms with Crippen molar-refractivity contribution in [1.82, 2.24) is 10.1 Å². The number of aromatic nitrogens is 2. The van der Waals surface area contributed by atoms with E-state index in [9.17, 15) is 0 Å². The monoisotopic (exact) mass is 392 g/mol. The van der Waals surface area contributed by atoms with Crippen LogP contribution >= 0.6 is 11.6 Å². The maximum Gasteiger partial charge on any atom is 0.258 e. The summed E-state index contributed by atoms with van der Waals surface area (Å²) in [5.41, 5.74) is 2.61. The van der Waals surface area contributed by atoms with Crippen LogP contribution in [0.5, 0.6) is 11.5 Å². The summed E-state index contributed by atoms with van der Waals surface area (Å²) in [5, 5.41) is 4.74. The van der Waals surface area contributed by atoms with Gasteiger partial charge in [0.1, 0.15) is 18.1 Å². The zero-order valence-electron chi connectivity index (χ0n) is 15.1. The van der Waals surface area contributed by atoms with E-state index in [-0.39, 0.29) is 0 Å². The summed E-state index contributed by atoms with van der Waals surface area (Å²) in [6, 6.07) is 22.6. The smallest absolute Gasteiger partial charge is 0.258 e. The van der Waals surface area contributed by atoms with Gasteiger partial charge in [0.2, 0.25) is 5.82 Å². The van der Waals surface area contributed by atoms with Gasteiger partial charge in [0.25, 0.3) is 5.89 Å². The zero-order chi connectivity index (χ0) is 19.3. The van der Waals surface area contributed by atoms with Crippen LogP contribution in [0.1, 0.15) is 5.56 Å². The minimum absolute atomic E-state index is 0.404. The highest BCUT2D eigenvalue weighted by molar-refractivity contribution is 6.31. The molecule has 0 saturated heterocycles. The SMILES string of the molecule is COc1ccc(-c2noc(-c3ccc(OCc4ccccc4Cl)cc3)n2)cc1. The fraction of sp³-hybridized carbons (Fsp3) is 0.0909. The summed E-state index contributed by atoms with van der Waals surface area (Å²) in [6.45, 7) is 0.404. The Balaban J connectivity index is 1.45. The first kappa shape index (κ1) is 18.1. The lowest BCUT2D eigenvalue weighted by Gasteiger charge is -2.07. The lowest BCUT2D eigenvalue weighted by atomic mass is 10.2. The molecular weight excluding hydrogens is 376 g/mol. The highest BCUT2D eigenvalue weighted by Crippen LogP contribution is 2.26. The number of hydrogen-bond donors (Lipinski definition) is 0. The van der Waals surface area contributed by atoms with Crippen molar-refractivity contribution in [3.8, 4) is 34.3 Å². The fourth-order valence-electron chi connectivity index (χ4n) is 2.67. The third-order valence-corrected chi connectivity index (χ3v) is 4.60. The van der Waals surface area contributed by atoms with Gasteiger partial charge in [0.05, 0.1) is 7.11 Å². The third-order valence-electron chi connectivity index (χ3n) is 4.23. The van der Waals surface area contributed by atoms with Gasteiger partial charge in [-0.05, 0) is 54.6 Å². The molecule has 0 aliphatic carbocycles. The van der Waals surface area contributed by atoms with Crippen molar-refractivity contribution in [3.63, 3.8) is 0 Å². The molecule has 1 heterocycles. The van der Waals surface area contributed by atoms with Gasteiger partial charge in [-0.2, -0.15) is 4.98 Å². The molecule has 0 spiro atoms. The summed E-state index contributed by atoms with van der Waals surface area (Å²) in [6.07, 6.45) is 0. The molecule has 0 saturated carbocycles. The Labute approximate surface area is 167 Å². The molecule has 0 aliphatic heterocycles. The van der Waals surface area contributed by atoms with E-state index < -0.39 is 0 Å². The second kappa shape index (κ2) is 8.15. The molecule has 0 radical (unpaired) electrons. The molecule has 0 fully saturated rings. The van der Waals surface area contributed by atoms with Gasteiger partial charge in [-0.25, -0.2) is 0 Å². The molecular formula is C22H17ClN2O3. The van der Waals surface area contributed by atoms with Crippen LogP contribution in [0.15, 0.2) is 77.3 Å². The van der Waals surface area contributed by atoms with Gasteiger partial charge in [-0.1, -0.05) is 35.0 Å². The summed E-state index contributed by atoms with van der Waals surface area (Å²) in [7, 11) is 1.63. The third kappa shape index (κ3) is 4.00. The minimum Gasteiger partial charge on any atom is -0.497 e. The van der Waals surface area contributed by atoms with Crippen LogP contribution < -0.4 is 9.47 Å². The Kier molecular flexibility index (Phi) is 5.26. The number of hydrogen-bond acceptors (Lipinski definition) is 5. The summed E-state index contributed by atoms with van der Waals surface area (Å²) in [4.78, 5) is 4.46. The van der Waals surface area contributed by atoms with Gasteiger partial charge in [-0.15, -0.1) is 0 Å². The first-order chi connectivity index (χ1) is 13.7. The number of methoxy groups -OCH3 is 1. The summed E-state index contributed by atoms with van der Waals surface area (Å²) in [5.74, 6) is 2.48. The maximum absolute atomic E-state index is 6.15. The minimum atomic E-state index is 0.404. The molecule has 0 bridgehead atoms. The highest BCUT2D eigenvalue weighted by atomic mass is 35.5. The van der Waals surface area contributed by atoms with Crippen molar-refractivity contribution in [3.05, 3.63) is 83.4 Å². The Morgan fingerprint density at radius 2 is 1.54 bits per heavy atom. The van der Waals surface area contributed by atoms with E-state index in [2.05, 4.69) is 10.1 Å². The molecule has 28 heavy (non-hydrogen) atoms. The van der Waals surface area contributed by atoms with Crippen molar-refractivity contribution in [2.75, 3.05) is 7.11 Å². The quantitative estimate of drug-likeness (QED) is 0.424. The maximum atomic E-state index is 6.15. The molecule has 6 heteroatoms. The van der Waals surface area contributed by atoms with Crippen LogP contribution in [0, 0.1) is 0 Å². The molecule has 0 atom stereocenters. The highest BCUT2D eigenvalue weighted by Gasteiger charge is 2.11. The van der Waals surface area contributed by atoms with Crippen LogP contribution in [-0.4, -0.2) is 17.3 Å². The normalized spacial score (nSPS) is 10.6. The van der Waals surface area contributed by atoms with Crippen molar-refractivity contribution < 1.29 is 14.0 Å². The molecule has 140 valence electrons. The molecule has 5 nitrogen and oxygen atoms in total. The number of rotatable bonds is 6. The van der Waals surface area contributed by atoms with Crippen LogP contribution in [0.4, 0.5) is 0 Å². The molecule has 4 rings (SSSR count). The summed E-state index contributed by atoms with van der Waals surface area (Å²) >= 11 is 6.15. The first-order valence-corrected chi connectivity index (χ1v) is 9.05. The molecule has 3 aromatic carbocycles. The second-order valence-electron chi connectivity index (χ2n) is 6.06. The lowest BCUT2D eigenvalue weighted by Crippen LogP contribution is -1.95. The van der Waals surface area contributed by atoms with Crippen LogP contribution in [-0.2, 0) is 6.61 Å². The number of benzene rings is 3. The lowest BCUT2D eigenvalue weighted by molar-refractivity contribution is 0.306. The molecule has 4 aromatic rings. The van der Waals surface area contributed by atoms with Crippen molar-refractivity contribution in [2.45, 2.75) is 6.61 Å². The van der Waals surface area contributed by atoms with E-state index >= 15 is 0 Å². The molecule has 1 aromatic heterocycles. The van der Waals surface area contributed by atoms with Gasteiger partial charge in [-0.3, -0.25) is 0 Å². The molecule has 0 N–H and O–H groups in total. The number of ether oxygens (including phenoxy) is 2. The van der Waals surface area contributed by atoms with Gasteiger partial charge < -0.3 is 14.0 Å². The average Bonchev–Trinajstić information content (AvgIpc) is 3.24. The molecule has 0 unspecified atom stereocenters. The van der Waals surface area contributed by atoms with Gasteiger partial charge in [0.15, 0.2) is 0 Å². The van der Waals surface area contributed by atoms with E-state index in [4.69, 9.17) is 25.6 Å². The summed E-state index contributed by atoms with van der Waals surface area (Å²) < 4.78 is 16.4. The van der Waals surface area contributed by atoms with E-state index in [1.54, 1.807) is 7.11 Å². The standard InChI is InChI=1S/C22H17ClN2O3/c1-26-18-10-6-15(7-11-18)21-24-22(28-25-21)16-8-12-19(13-9-16)27-14-17-4-2-3-5-20(17)23/h2-13H,14H2,1H3. The van der Waals surface area contributed by atoms with Gasteiger partial charge in [0, 0.05) is 21.7 Å². The second-order valence-corrected chi connectivity index (χ2v) is 6.46. The van der Waals surface area contributed by atoms with Crippen molar-refractivity contribution in [1.29, 1.82) is 0 Å². The van der Waals surface area contributed by atoms with E-state index in [1.807, 2.05) is 72.8 Å². The van der Waals surface area contributed by atoms with Crippen molar-refractivity contribution in [2.24, 2.45) is 0 Å². The average molecular weight is 393 g/mol. The Bertz CT molecular complexity index is 1060. The van der Waals surface area contributed by atoms with Crippen LogP contribution in [0.2, 0.25) is 5.02 Å². The van der Waals surface area contributed by atoms with E-state index in [0.29, 0.717) is 23.3 Å². The Morgan fingerprint density at radius 3 is 2.25 bits per heavy atom. The topological polar surface area (TPSA) is 57.4 Å². The Morgan fingerprint density at radius 1 is 0.857 bits per heavy atom. The predicted molar refractivity (Wildman–Crippen MR) is 108 cm³/mol.